The summed E-state index contributed by atoms with van der Waals surface area (Å²) in [5, 5.41) is 3.15. The highest BCUT2D eigenvalue weighted by Gasteiger charge is 2.29. The minimum absolute atomic E-state index is 0.0153. The summed E-state index contributed by atoms with van der Waals surface area (Å²) in [6.45, 7) is 0.737. The minimum atomic E-state index is -4.35. The molecule has 0 fully saturated rings. The number of nitrogens with zero attached hydrogens (tertiary/aromatic N) is 1. The molecule has 7 heteroatoms. The summed E-state index contributed by atoms with van der Waals surface area (Å²) in [6, 6.07) is 12.4. The third kappa shape index (κ3) is 4.94. The van der Waals surface area contributed by atoms with Crippen LogP contribution >= 0.6 is 0 Å². The van der Waals surface area contributed by atoms with Crippen molar-refractivity contribution in [1.82, 2.24) is 5.32 Å². The third-order valence-electron chi connectivity index (χ3n) is 4.05. The van der Waals surface area contributed by atoms with Crippen molar-refractivity contribution < 1.29 is 17.9 Å². The van der Waals surface area contributed by atoms with Crippen LogP contribution in [0.2, 0.25) is 0 Å². The van der Waals surface area contributed by atoms with Crippen LogP contribution in [0.15, 0.2) is 53.5 Å². The Hall–Kier alpha value is -3.14. The summed E-state index contributed by atoms with van der Waals surface area (Å²) >= 11 is 0. The number of aliphatic imine (C=N–C) groups is 1. The van der Waals surface area contributed by atoms with Gasteiger partial charge in [0.25, 0.3) is 0 Å². The van der Waals surface area contributed by atoms with Gasteiger partial charge in [-0.05, 0) is 30.3 Å². The topological polar surface area (TPSA) is 59.6 Å². The van der Waals surface area contributed by atoms with E-state index < -0.39 is 11.7 Å². The quantitative estimate of drug-likeness (QED) is 0.481. The molecule has 0 saturated heterocycles. The van der Waals surface area contributed by atoms with Gasteiger partial charge < -0.3 is 15.8 Å². The number of hydrogen-bond donors (Lipinski definition) is 2. The molecule has 0 radical (unpaired) electrons. The summed E-state index contributed by atoms with van der Waals surface area (Å²) in [4.78, 5) is 4.15. The molecule has 2 aromatic carbocycles. The normalized spacial score (nSPS) is 16.6. The van der Waals surface area contributed by atoms with E-state index in [9.17, 15) is 13.2 Å². The second-order valence-corrected chi connectivity index (χ2v) is 5.95. The average Bonchev–Trinajstić information content (AvgIpc) is 2.65. The van der Waals surface area contributed by atoms with Crippen molar-refractivity contribution in [3.05, 3.63) is 65.2 Å². The first-order chi connectivity index (χ1) is 12.9. The zero-order chi connectivity index (χ0) is 19.3. The first kappa shape index (κ1) is 18.6. The largest absolute Gasteiger partial charge is 0.493 e. The number of halogens is 3. The lowest BCUT2D eigenvalue weighted by molar-refractivity contribution is -0.137. The summed E-state index contributed by atoms with van der Waals surface area (Å²) in [6.07, 6.45) is -3.58. The van der Waals surface area contributed by atoms with E-state index in [1.807, 2.05) is 24.3 Å². The molecular formula is C20H18F3N3O. The number of alkyl halides is 3. The molecule has 3 N–H and O–H groups in total. The van der Waals surface area contributed by atoms with Crippen LogP contribution in [0.25, 0.3) is 0 Å². The van der Waals surface area contributed by atoms with Gasteiger partial charge in [0.15, 0.2) is 5.96 Å². The lowest BCUT2D eigenvalue weighted by atomic mass is 10.0. The highest BCUT2D eigenvalue weighted by Crippen LogP contribution is 2.31. The highest BCUT2D eigenvalue weighted by atomic mass is 19.4. The Bertz CT molecular complexity index is 880. The van der Waals surface area contributed by atoms with E-state index in [-0.39, 0.29) is 18.5 Å². The fourth-order valence-electron chi connectivity index (χ4n) is 2.72. The molecule has 3 rings (SSSR count). The Morgan fingerprint density at radius 2 is 1.93 bits per heavy atom. The van der Waals surface area contributed by atoms with Gasteiger partial charge >= 0.3 is 6.18 Å². The summed E-state index contributed by atoms with van der Waals surface area (Å²) in [5.74, 6) is 6.65. The van der Waals surface area contributed by atoms with Crippen LogP contribution in [-0.4, -0.2) is 19.1 Å². The standard InChI is InChI=1S/C20H18F3N3O/c21-20(22,23)15-9-7-14(8-10-15)4-3-12-25-19(24)26-17-11-13-27-18-6-2-1-5-16(17)18/h1-2,5-10,17H,11-13H2,(H3,24,25,26). The number of guanidine groups is 1. The predicted octanol–water partition coefficient (Wildman–Crippen LogP) is 3.49. The van der Waals surface area contributed by atoms with Crippen molar-refractivity contribution in [2.75, 3.05) is 13.2 Å². The van der Waals surface area contributed by atoms with Crippen molar-refractivity contribution >= 4 is 5.96 Å². The Morgan fingerprint density at radius 1 is 1.19 bits per heavy atom. The van der Waals surface area contributed by atoms with Gasteiger partial charge in [0.05, 0.1) is 18.2 Å². The number of para-hydroxylation sites is 1. The van der Waals surface area contributed by atoms with Crippen molar-refractivity contribution in [2.45, 2.75) is 18.6 Å². The summed E-state index contributed by atoms with van der Waals surface area (Å²) < 4.78 is 43.2. The SMILES string of the molecule is NC(=NCC#Cc1ccc(C(F)(F)F)cc1)NC1CCOc2ccccc21. The molecule has 1 heterocycles. The van der Waals surface area contributed by atoms with Gasteiger partial charge in [-0.2, -0.15) is 13.2 Å². The van der Waals surface area contributed by atoms with Crippen LogP contribution in [0.1, 0.15) is 29.2 Å². The van der Waals surface area contributed by atoms with Crippen LogP contribution in [0.3, 0.4) is 0 Å². The molecule has 1 aliphatic heterocycles. The number of hydrogen-bond acceptors (Lipinski definition) is 2. The Labute approximate surface area is 155 Å². The Balaban J connectivity index is 1.57. The molecule has 1 atom stereocenters. The first-order valence-corrected chi connectivity index (χ1v) is 8.38. The zero-order valence-corrected chi connectivity index (χ0v) is 14.4. The van der Waals surface area contributed by atoms with E-state index in [4.69, 9.17) is 10.5 Å². The van der Waals surface area contributed by atoms with Crippen LogP contribution in [0, 0.1) is 11.8 Å². The molecule has 1 aliphatic rings. The molecule has 1 unspecified atom stereocenters. The number of benzene rings is 2. The molecular weight excluding hydrogens is 355 g/mol. The Morgan fingerprint density at radius 3 is 2.67 bits per heavy atom. The third-order valence-corrected chi connectivity index (χ3v) is 4.05. The Kier molecular flexibility index (Phi) is 5.55. The molecule has 0 aromatic heterocycles. The fraction of sp³-hybridized carbons (Fsp3) is 0.250. The van der Waals surface area contributed by atoms with Crippen molar-refractivity contribution in [3.63, 3.8) is 0 Å². The van der Waals surface area contributed by atoms with Crippen molar-refractivity contribution in [3.8, 4) is 17.6 Å². The monoisotopic (exact) mass is 373 g/mol. The molecule has 0 aliphatic carbocycles. The van der Waals surface area contributed by atoms with Crippen LogP contribution in [-0.2, 0) is 6.18 Å². The van der Waals surface area contributed by atoms with Crippen LogP contribution in [0.5, 0.6) is 5.75 Å². The van der Waals surface area contributed by atoms with Crippen LogP contribution in [0.4, 0.5) is 13.2 Å². The van der Waals surface area contributed by atoms with Gasteiger partial charge in [0, 0.05) is 17.5 Å². The van der Waals surface area contributed by atoms with Gasteiger partial charge in [0.2, 0.25) is 0 Å². The summed E-state index contributed by atoms with van der Waals surface area (Å²) in [7, 11) is 0. The van der Waals surface area contributed by atoms with Gasteiger partial charge in [-0.1, -0.05) is 30.0 Å². The number of ether oxygens (including phenoxy) is 1. The van der Waals surface area contributed by atoms with E-state index in [2.05, 4.69) is 22.2 Å². The van der Waals surface area contributed by atoms with Crippen LogP contribution < -0.4 is 15.8 Å². The zero-order valence-electron chi connectivity index (χ0n) is 14.4. The van der Waals surface area contributed by atoms with Gasteiger partial charge in [-0.15, -0.1) is 0 Å². The maximum absolute atomic E-state index is 12.5. The van der Waals surface area contributed by atoms with Crippen molar-refractivity contribution in [2.24, 2.45) is 10.7 Å². The van der Waals surface area contributed by atoms with E-state index in [0.29, 0.717) is 12.2 Å². The smallest absolute Gasteiger partial charge is 0.416 e. The maximum atomic E-state index is 12.5. The molecule has 140 valence electrons. The van der Waals surface area contributed by atoms with Gasteiger partial charge in [-0.25, -0.2) is 4.99 Å². The van der Waals surface area contributed by atoms with Crippen molar-refractivity contribution in [1.29, 1.82) is 0 Å². The molecule has 27 heavy (non-hydrogen) atoms. The van der Waals surface area contributed by atoms with E-state index >= 15 is 0 Å². The number of rotatable bonds is 2. The average molecular weight is 373 g/mol. The van der Waals surface area contributed by atoms with Gasteiger partial charge in [-0.3, -0.25) is 0 Å². The number of nitrogens with two attached hydrogens (primary N) is 1. The number of nitrogens with one attached hydrogen (secondary N) is 1. The first-order valence-electron chi connectivity index (χ1n) is 8.38. The molecule has 0 amide bonds. The molecule has 4 nitrogen and oxygen atoms in total. The molecule has 2 aromatic rings. The van der Waals surface area contributed by atoms with Gasteiger partial charge in [0.1, 0.15) is 12.3 Å². The molecule has 0 bridgehead atoms. The lowest BCUT2D eigenvalue weighted by Crippen LogP contribution is -2.37. The van der Waals surface area contributed by atoms with E-state index in [0.717, 1.165) is 29.9 Å². The molecule has 0 saturated carbocycles. The second kappa shape index (κ2) is 8.04. The van der Waals surface area contributed by atoms with E-state index in [1.165, 1.54) is 12.1 Å². The highest BCUT2D eigenvalue weighted by molar-refractivity contribution is 5.78. The fourth-order valence-corrected chi connectivity index (χ4v) is 2.72. The maximum Gasteiger partial charge on any atom is 0.416 e. The van der Waals surface area contributed by atoms with E-state index in [1.54, 1.807) is 0 Å². The lowest BCUT2D eigenvalue weighted by Gasteiger charge is -2.26. The minimum Gasteiger partial charge on any atom is -0.493 e. The number of fused-ring (bicyclic) bond motifs is 1. The second-order valence-electron chi connectivity index (χ2n) is 5.95. The summed E-state index contributed by atoms with van der Waals surface area (Å²) in [5.41, 5.74) is 6.73. The predicted molar refractivity (Wildman–Crippen MR) is 97.2 cm³/mol. The molecule has 0 spiro atoms.